The molecule has 25 heteroatoms. The second-order valence-corrected chi connectivity index (χ2v) is 13.1. The molecular formula is C34H23Cu2N5O16S2. The van der Waals surface area contributed by atoms with Crippen LogP contribution >= 0.6 is 0 Å². The van der Waals surface area contributed by atoms with Gasteiger partial charge >= 0.3 is 16.6 Å². The second-order valence-electron chi connectivity index (χ2n) is 11.3. The van der Waals surface area contributed by atoms with Gasteiger partial charge in [0.1, 0.15) is 50.5 Å². The number of hydrogen-bond acceptors (Lipinski definition) is 19. The molecular weight excluding hydrogens is 926 g/mol. The number of carboxylic acid groups (broad SMARTS) is 1. The van der Waals surface area contributed by atoms with Crippen LogP contribution in [0, 0.1) is 0 Å². The van der Waals surface area contributed by atoms with Crippen LogP contribution < -0.4 is 10.1 Å². The van der Waals surface area contributed by atoms with Crippen LogP contribution in [0.2, 0.25) is 0 Å². The van der Waals surface area contributed by atoms with Crippen molar-refractivity contribution in [3.63, 3.8) is 0 Å². The van der Waals surface area contributed by atoms with Gasteiger partial charge in [-0.1, -0.05) is 6.07 Å². The first kappa shape index (κ1) is 46.5. The Morgan fingerprint density at radius 3 is 1.75 bits per heavy atom. The Hall–Kier alpha value is -6.85. The summed E-state index contributed by atoms with van der Waals surface area (Å²) in [5, 5.41) is 90.2. The first-order chi connectivity index (χ1) is 26.9. The zero-order valence-corrected chi connectivity index (χ0v) is 32.2. The number of aromatic hydroxyl groups is 6. The van der Waals surface area contributed by atoms with E-state index in [-0.39, 0.29) is 74.3 Å². The topological polar surface area (TPSA) is 352 Å². The first-order valence-electron chi connectivity index (χ1n) is 15.2. The number of nitrogens with one attached hydrogen (secondary N) is 1. The van der Waals surface area contributed by atoms with Crippen molar-refractivity contribution in [2.24, 2.45) is 20.5 Å². The Balaban J connectivity index is 0.00000148. The Labute approximate surface area is 352 Å². The van der Waals surface area contributed by atoms with Crippen LogP contribution in [0.25, 0.3) is 21.5 Å². The van der Waals surface area contributed by atoms with Gasteiger partial charge in [0, 0.05) is 74.5 Å². The average molecular weight is 949 g/mol. The number of fused-ring (bicyclic) bond motifs is 2. The van der Waals surface area contributed by atoms with Crippen molar-refractivity contribution in [3.05, 3.63) is 84.4 Å². The number of rotatable bonds is 10. The van der Waals surface area contributed by atoms with E-state index >= 15 is 0 Å². The molecule has 0 amide bonds. The Kier molecular flexibility index (Phi) is 15.0. The third-order valence-electron chi connectivity index (χ3n) is 7.67. The minimum Gasteiger partial charge on any atom is -0.507 e. The van der Waals surface area contributed by atoms with Crippen molar-refractivity contribution in [1.82, 2.24) is 0 Å². The SMILES string of the molecule is O=COc1cc(N=Nc2ccc3cc(Nc4ccc5c(O)c(N=Nc6cc(C(=O)O)c(O)cc6O)c(S(=O)(=O)O)cc5c4)ccc3c2O)c(O)cc1O.O=S(=O)=O.[Cu].[Cu]. The summed E-state index contributed by atoms with van der Waals surface area (Å²) in [7, 11) is -8.14. The van der Waals surface area contributed by atoms with Crippen molar-refractivity contribution < 1.29 is 110 Å². The van der Waals surface area contributed by atoms with E-state index in [0.717, 1.165) is 24.3 Å². The molecule has 0 saturated heterocycles. The number of hydrogen-bond donors (Lipinski definition) is 9. The van der Waals surface area contributed by atoms with Gasteiger partial charge in [-0.15, -0.1) is 33.1 Å². The van der Waals surface area contributed by atoms with Crippen LogP contribution in [0.1, 0.15) is 10.4 Å². The number of nitrogens with zero attached hydrogens (tertiary/aromatic N) is 4. The van der Waals surface area contributed by atoms with E-state index in [1.807, 2.05) is 0 Å². The van der Waals surface area contributed by atoms with E-state index in [9.17, 15) is 58.3 Å². The summed E-state index contributed by atoms with van der Waals surface area (Å²) >= 11 is 0. The van der Waals surface area contributed by atoms with Crippen molar-refractivity contribution >= 4 is 88.8 Å². The van der Waals surface area contributed by atoms with Crippen LogP contribution in [0.3, 0.4) is 0 Å². The quantitative estimate of drug-likeness (QED) is 0.0316. The van der Waals surface area contributed by atoms with Gasteiger partial charge < -0.3 is 45.8 Å². The number of carbonyl (C=O) groups excluding carboxylic acids is 1. The van der Waals surface area contributed by atoms with Gasteiger partial charge in [0.15, 0.2) is 23.0 Å². The normalized spacial score (nSPS) is 11.0. The van der Waals surface area contributed by atoms with Gasteiger partial charge in [0.25, 0.3) is 16.6 Å². The summed E-state index contributed by atoms with van der Waals surface area (Å²) in [6, 6.07) is 16.8. The summed E-state index contributed by atoms with van der Waals surface area (Å²) in [6.45, 7) is 0.0819. The average Bonchev–Trinajstić information content (AvgIpc) is 3.12. The fourth-order valence-electron chi connectivity index (χ4n) is 5.15. The van der Waals surface area contributed by atoms with Gasteiger partial charge in [-0.3, -0.25) is 9.35 Å². The molecule has 0 aliphatic carbocycles. The van der Waals surface area contributed by atoms with Crippen LogP contribution in [0.5, 0.6) is 40.2 Å². The largest absolute Gasteiger partial charge is 0.507 e. The number of carboxylic acids is 1. The van der Waals surface area contributed by atoms with Gasteiger partial charge in [-0.25, -0.2) is 4.79 Å². The molecule has 0 aliphatic rings. The van der Waals surface area contributed by atoms with Gasteiger partial charge in [-0.2, -0.15) is 8.42 Å². The minimum absolute atomic E-state index is 0. The third-order valence-corrected chi connectivity index (χ3v) is 8.53. The monoisotopic (exact) mass is 947 g/mol. The third kappa shape index (κ3) is 10.8. The van der Waals surface area contributed by atoms with E-state index in [2.05, 4.69) is 30.5 Å². The van der Waals surface area contributed by atoms with E-state index in [1.165, 1.54) is 24.3 Å². The molecule has 0 spiro atoms. The zero-order valence-electron chi connectivity index (χ0n) is 28.6. The Bertz CT molecular complexity index is 2930. The Morgan fingerprint density at radius 1 is 0.644 bits per heavy atom. The molecule has 0 atom stereocenters. The fourth-order valence-corrected chi connectivity index (χ4v) is 5.81. The Morgan fingerprint density at radius 2 is 1.17 bits per heavy atom. The summed E-state index contributed by atoms with van der Waals surface area (Å²) in [5.41, 5.74) is -1.05. The number of ether oxygens (including phenoxy) is 1. The van der Waals surface area contributed by atoms with Crippen LogP contribution in [-0.2, 0) is 59.7 Å². The molecule has 0 aromatic heterocycles. The molecule has 6 rings (SSSR count). The molecule has 21 nitrogen and oxygen atoms in total. The fraction of sp³-hybridized carbons (Fsp3) is 0. The summed E-state index contributed by atoms with van der Waals surface area (Å²) in [6.07, 6.45) is 0. The maximum Gasteiger partial charge on any atom is 0.425 e. The molecule has 314 valence electrons. The van der Waals surface area contributed by atoms with E-state index in [1.54, 1.807) is 24.3 Å². The number of phenols is 6. The van der Waals surface area contributed by atoms with Crippen molar-refractivity contribution in [2.75, 3.05) is 5.32 Å². The van der Waals surface area contributed by atoms with Gasteiger partial charge in [0.2, 0.25) is 0 Å². The maximum absolute atomic E-state index is 12.3. The van der Waals surface area contributed by atoms with Gasteiger partial charge in [0.05, 0.1) is 0 Å². The van der Waals surface area contributed by atoms with Crippen molar-refractivity contribution in [3.8, 4) is 40.2 Å². The van der Waals surface area contributed by atoms with Crippen LogP contribution in [-0.4, -0.2) is 73.8 Å². The molecule has 9 N–H and O–H groups in total. The maximum atomic E-state index is 12.3. The predicted octanol–water partition coefficient (Wildman–Crippen LogP) is 6.27. The number of anilines is 2. The van der Waals surface area contributed by atoms with Crippen molar-refractivity contribution in [1.29, 1.82) is 0 Å². The number of carbonyl (C=O) groups is 2. The molecule has 59 heavy (non-hydrogen) atoms. The van der Waals surface area contributed by atoms with E-state index in [4.69, 9.17) is 12.6 Å². The van der Waals surface area contributed by atoms with Crippen LogP contribution in [0.4, 0.5) is 34.1 Å². The first-order valence-corrected chi connectivity index (χ1v) is 17.7. The molecule has 0 fully saturated rings. The molecule has 0 unspecified atom stereocenters. The molecule has 0 aliphatic heterocycles. The molecule has 6 aromatic carbocycles. The number of phenolic OH excluding ortho intramolecular Hbond substituents is 5. The zero-order chi connectivity index (χ0) is 41.8. The van der Waals surface area contributed by atoms with Gasteiger partial charge in [-0.05, 0) is 65.4 Å². The number of benzene rings is 6. The number of azo groups is 2. The number of aromatic carboxylic acids is 1. The summed E-state index contributed by atoms with van der Waals surface area (Å²) in [4.78, 5) is 21.2. The minimum atomic E-state index is -5.03. The smallest absolute Gasteiger partial charge is 0.425 e. The molecule has 2 radical (unpaired) electrons. The molecule has 0 heterocycles. The van der Waals surface area contributed by atoms with Crippen LogP contribution in [0.15, 0.2) is 104 Å². The summed E-state index contributed by atoms with van der Waals surface area (Å²) < 4.78 is 64.6. The second kappa shape index (κ2) is 19.1. The van der Waals surface area contributed by atoms with E-state index in [0.29, 0.717) is 28.2 Å². The summed E-state index contributed by atoms with van der Waals surface area (Å²) in [5.74, 6) is -5.23. The predicted molar refractivity (Wildman–Crippen MR) is 196 cm³/mol. The van der Waals surface area contributed by atoms with Crippen molar-refractivity contribution in [2.45, 2.75) is 4.90 Å². The van der Waals surface area contributed by atoms with E-state index < -0.39 is 77.3 Å². The molecule has 6 aromatic rings. The molecule has 0 saturated carbocycles. The standard InChI is InChI=1S/C34H23N5O13S.2Cu.O3S/c40-14-52-29-11-24(27(43)13-28(29)44)37-36-22-6-1-15-7-17(2-4-19(15)32(22)45)35-18-3-5-20-16(8-18)9-30(53(49,50)51)31(33(20)46)39-38-23-10-21(34(47)48)25(41)12-26(23)42;;;1-4(2)3/h1-14,35,41-46H,(H,47,48)(H,49,50,51);;;. The molecule has 0 bridgehead atoms.